The summed E-state index contributed by atoms with van der Waals surface area (Å²) in [5.74, 6) is 0.359. The van der Waals surface area contributed by atoms with E-state index in [-0.39, 0.29) is 5.25 Å². The standard InChI is InChI=1S/C7H16NO2S/c1-6-7(8(2,3)4)5-11(6,9)10/h6-7H,5H2,1-4H3/q+1/t6-,7-/m1/s1. The number of hydrogen-bond donors (Lipinski definition) is 0. The van der Waals surface area contributed by atoms with Crippen LogP contribution < -0.4 is 0 Å². The van der Waals surface area contributed by atoms with Gasteiger partial charge in [0.05, 0.1) is 21.1 Å². The van der Waals surface area contributed by atoms with Gasteiger partial charge in [0.2, 0.25) is 0 Å². The fourth-order valence-corrected chi connectivity index (χ4v) is 3.59. The molecule has 66 valence electrons. The van der Waals surface area contributed by atoms with E-state index in [1.807, 2.05) is 21.1 Å². The van der Waals surface area contributed by atoms with E-state index in [0.29, 0.717) is 11.8 Å². The van der Waals surface area contributed by atoms with Gasteiger partial charge in [-0.1, -0.05) is 0 Å². The second-order valence-corrected chi connectivity index (χ2v) is 6.62. The molecule has 1 saturated heterocycles. The molecule has 0 aromatic rings. The molecule has 0 radical (unpaired) electrons. The molecule has 0 spiro atoms. The molecule has 2 atom stereocenters. The zero-order chi connectivity index (χ0) is 8.86. The first-order chi connectivity index (χ1) is 4.75. The fraction of sp³-hybridized carbons (Fsp3) is 1.00. The molecule has 0 amide bonds. The Balaban J connectivity index is 2.74. The minimum Gasteiger partial charge on any atom is -0.327 e. The minimum absolute atomic E-state index is 0.150. The molecule has 0 aromatic carbocycles. The quantitative estimate of drug-likeness (QED) is 0.525. The van der Waals surface area contributed by atoms with E-state index >= 15 is 0 Å². The molecular weight excluding hydrogens is 162 g/mol. The van der Waals surface area contributed by atoms with Crippen LogP contribution in [-0.2, 0) is 9.84 Å². The molecule has 11 heavy (non-hydrogen) atoms. The van der Waals surface area contributed by atoms with Crippen LogP contribution in [0.15, 0.2) is 0 Å². The van der Waals surface area contributed by atoms with Gasteiger partial charge in [-0.2, -0.15) is 0 Å². The molecule has 1 heterocycles. The second-order valence-electron chi connectivity index (χ2n) is 4.22. The third-order valence-corrected chi connectivity index (χ3v) is 4.76. The summed E-state index contributed by atoms with van der Waals surface area (Å²) in [6, 6.07) is 0.292. The van der Waals surface area contributed by atoms with Crippen molar-refractivity contribution in [2.24, 2.45) is 0 Å². The summed E-state index contributed by atoms with van der Waals surface area (Å²) in [5, 5.41) is -0.150. The summed E-state index contributed by atoms with van der Waals surface area (Å²) in [6.45, 7) is 1.80. The molecule has 0 aromatic heterocycles. The summed E-state index contributed by atoms with van der Waals surface area (Å²) >= 11 is 0. The Kier molecular flexibility index (Phi) is 1.80. The predicted molar refractivity (Wildman–Crippen MR) is 45.1 cm³/mol. The number of hydrogen-bond acceptors (Lipinski definition) is 2. The number of rotatable bonds is 1. The van der Waals surface area contributed by atoms with E-state index in [1.165, 1.54) is 0 Å². The Bertz CT molecular complexity index is 250. The molecule has 0 N–H and O–H groups in total. The molecule has 0 aliphatic carbocycles. The monoisotopic (exact) mass is 178 g/mol. The van der Waals surface area contributed by atoms with Crippen LogP contribution in [0.4, 0.5) is 0 Å². The number of sulfone groups is 1. The first-order valence-electron chi connectivity index (χ1n) is 3.78. The zero-order valence-electron chi connectivity index (χ0n) is 7.53. The molecule has 4 heteroatoms. The van der Waals surface area contributed by atoms with Gasteiger partial charge in [-0.3, -0.25) is 0 Å². The van der Waals surface area contributed by atoms with Crippen molar-refractivity contribution in [2.45, 2.75) is 18.2 Å². The maximum atomic E-state index is 11.1. The molecule has 0 saturated carbocycles. The number of nitrogens with zero attached hydrogens (tertiary/aromatic N) is 1. The molecule has 1 aliphatic heterocycles. The Morgan fingerprint density at radius 1 is 1.27 bits per heavy atom. The average Bonchev–Trinajstić information content (AvgIpc) is 1.80. The van der Waals surface area contributed by atoms with Crippen molar-refractivity contribution in [1.82, 2.24) is 0 Å². The van der Waals surface area contributed by atoms with Crippen molar-refractivity contribution in [3.8, 4) is 0 Å². The van der Waals surface area contributed by atoms with Crippen LogP contribution in [0.2, 0.25) is 0 Å². The average molecular weight is 178 g/mol. The van der Waals surface area contributed by atoms with E-state index in [2.05, 4.69) is 0 Å². The highest BCUT2D eigenvalue weighted by Gasteiger charge is 2.50. The summed E-state index contributed by atoms with van der Waals surface area (Å²) in [4.78, 5) is 0. The SMILES string of the molecule is C[C@@H]1[C@H]([N+](C)(C)C)CS1(=O)=O. The summed E-state index contributed by atoms with van der Waals surface area (Å²) in [7, 11) is 3.40. The van der Waals surface area contributed by atoms with Gasteiger partial charge in [0, 0.05) is 0 Å². The largest absolute Gasteiger partial charge is 0.327 e. The molecule has 0 bridgehead atoms. The van der Waals surface area contributed by atoms with Crippen LogP contribution in [0.5, 0.6) is 0 Å². The molecule has 1 fully saturated rings. The highest BCUT2D eigenvalue weighted by Crippen LogP contribution is 2.27. The van der Waals surface area contributed by atoms with Crippen molar-refractivity contribution in [2.75, 3.05) is 26.9 Å². The highest BCUT2D eigenvalue weighted by atomic mass is 32.2. The van der Waals surface area contributed by atoms with Crippen LogP contribution in [0.3, 0.4) is 0 Å². The third-order valence-electron chi connectivity index (χ3n) is 2.51. The van der Waals surface area contributed by atoms with E-state index in [9.17, 15) is 8.42 Å². The molecule has 3 nitrogen and oxygen atoms in total. The van der Waals surface area contributed by atoms with Crippen molar-refractivity contribution in [3.05, 3.63) is 0 Å². The van der Waals surface area contributed by atoms with E-state index in [1.54, 1.807) is 6.92 Å². The first kappa shape index (κ1) is 9.00. The topological polar surface area (TPSA) is 34.1 Å². The van der Waals surface area contributed by atoms with Crippen molar-refractivity contribution in [1.29, 1.82) is 0 Å². The molecular formula is C7H16NO2S+. The van der Waals surface area contributed by atoms with Crippen LogP contribution in [0.25, 0.3) is 0 Å². The Morgan fingerprint density at radius 3 is 1.82 bits per heavy atom. The van der Waals surface area contributed by atoms with Gasteiger partial charge in [-0.05, 0) is 6.92 Å². The Hall–Kier alpha value is -0.0900. The second kappa shape index (κ2) is 2.20. The van der Waals surface area contributed by atoms with Gasteiger partial charge in [0.1, 0.15) is 17.0 Å². The summed E-state index contributed by atoms with van der Waals surface area (Å²) in [6.07, 6.45) is 0. The predicted octanol–water partition coefficient (Wildman–Crippen LogP) is -0.122. The lowest BCUT2D eigenvalue weighted by molar-refractivity contribution is -0.894. The molecule has 1 rings (SSSR count). The summed E-state index contributed by atoms with van der Waals surface area (Å²) in [5.41, 5.74) is 0. The smallest absolute Gasteiger partial charge is 0.164 e. The minimum atomic E-state index is -2.71. The van der Waals surface area contributed by atoms with E-state index < -0.39 is 9.84 Å². The lowest BCUT2D eigenvalue weighted by Gasteiger charge is -2.43. The maximum Gasteiger partial charge on any atom is 0.164 e. The van der Waals surface area contributed by atoms with Crippen LogP contribution >= 0.6 is 0 Å². The van der Waals surface area contributed by atoms with Gasteiger partial charge in [0.25, 0.3) is 0 Å². The zero-order valence-corrected chi connectivity index (χ0v) is 8.35. The van der Waals surface area contributed by atoms with Crippen molar-refractivity contribution >= 4 is 9.84 Å². The molecule has 1 aliphatic rings. The summed E-state index contributed by atoms with van der Waals surface area (Å²) < 4.78 is 22.9. The Labute approximate surface area is 68.5 Å². The lowest BCUT2D eigenvalue weighted by Crippen LogP contribution is -2.64. The van der Waals surface area contributed by atoms with Crippen LogP contribution in [0.1, 0.15) is 6.92 Å². The normalized spacial score (nSPS) is 36.4. The van der Waals surface area contributed by atoms with Gasteiger partial charge < -0.3 is 4.48 Å². The van der Waals surface area contributed by atoms with E-state index in [0.717, 1.165) is 4.48 Å². The van der Waals surface area contributed by atoms with Gasteiger partial charge >= 0.3 is 0 Å². The highest BCUT2D eigenvalue weighted by molar-refractivity contribution is 7.93. The third kappa shape index (κ3) is 1.42. The van der Waals surface area contributed by atoms with Gasteiger partial charge in [-0.25, -0.2) is 8.42 Å². The number of quaternary nitrogens is 1. The Morgan fingerprint density at radius 2 is 1.73 bits per heavy atom. The molecule has 0 unspecified atom stereocenters. The lowest BCUT2D eigenvalue weighted by atomic mass is 10.2. The van der Waals surface area contributed by atoms with Crippen LogP contribution in [-0.4, -0.2) is 51.1 Å². The first-order valence-corrected chi connectivity index (χ1v) is 5.49. The van der Waals surface area contributed by atoms with Gasteiger partial charge in [0.15, 0.2) is 9.84 Å². The maximum absolute atomic E-state index is 11.1. The van der Waals surface area contributed by atoms with Crippen molar-refractivity contribution < 1.29 is 12.9 Å². The van der Waals surface area contributed by atoms with E-state index in [4.69, 9.17) is 0 Å². The van der Waals surface area contributed by atoms with Gasteiger partial charge in [-0.15, -0.1) is 0 Å². The van der Waals surface area contributed by atoms with Crippen LogP contribution in [0, 0.1) is 0 Å². The van der Waals surface area contributed by atoms with Crippen molar-refractivity contribution in [3.63, 3.8) is 0 Å². The fourth-order valence-electron chi connectivity index (χ4n) is 1.50.